The van der Waals surface area contributed by atoms with Gasteiger partial charge in [0.05, 0.1) is 7.11 Å². The Morgan fingerprint density at radius 3 is 2.77 bits per heavy atom. The molecule has 0 spiro atoms. The zero-order valence-electron chi connectivity index (χ0n) is 13.0. The highest BCUT2D eigenvalue weighted by Crippen LogP contribution is 2.25. The first-order valence-electron chi connectivity index (χ1n) is 7.83. The number of nitrogens with one attached hydrogen (secondary N) is 1. The van der Waals surface area contributed by atoms with Crippen LogP contribution in [0.5, 0.6) is 11.5 Å². The minimum Gasteiger partial charge on any atom is -0.497 e. The fourth-order valence-electron chi connectivity index (χ4n) is 2.97. The number of likely N-dealkylation sites (tertiary alicyclic amines) is 1. The predicted octanol–water partition coefficient (Wildman–Crippen LogP) is 2.68. The Morgan fingerprint density at radius 1 is 1.23 bits per heavy atom. The highest BCUT2D eigenvalue weighted by molar-refractivity contribution is 5.31. The van der Waals surface area contributed by atoms with Crippen molar-refractivity contribution >= 4 is 0 Å². The van der Waals surface area contributed by atoms with Crippen LogP contribution in [0.15, 0.2) is 36.5 Å². The average molecular weight is 301 g/mol. The van der Waals surface area contributed by atoms with E-state index in [1.807, 2.05) is 30.5 Å². The first kappa shape index (κ1) is 14.9. The molecule has 3 rings (SSSR count). The van der Waals surface area contributed by atoms with Crippen LogP contribution in [0.3, 0.4) is 0 Å². The zero-order chi connectivity index (χ0) is 15.2. The second-order valence-corrected chi connectivity index (χ2v) is 5.68. The van der Waals surface area contributed by atoms with E-state index in [-0.39, 0.29) is 0 Å². The number of methoxy groups -OCH3 is 1. The lowest BCUT2D eigenvalue weighted by Gasteiger charge is -2.32. The molecule has 1 aromatic heterocycles. The Labute approximate surface area is 131 Å². The van der Waals surface area contributed by atoms with E-state index >= 15 is 0 Å². The fraction of sp³-hybridized carbons (Fsp3) is 0.471. The van der Waals surface area contributed by atoms with E-state index in [4.69, 9.17) is 9.47 Å². The summed E-state index contributed by atoms with van der Waals surface area (Å²) in [6, 6.07) is 9.82. The van der Waals surface area contributed by atoms with E-state index in [1.54, 1.807) is 7.11 Å². The van der Waals surface area contributed by atoms with Crippen LogP contribution in [-0.2, 0) is 0 Å². The molecule has 0 amide bonds. The molecule has 1 aliphatic rings. The van der Waals surface area contributed by atoms with Gasteiger partial charge in [-0.25, -0.2) is 0 Å². The van der Waals surface area contributed by atoms with E-state index in [1.165, 1.54) is 18.5 Å². The minimum atomic E-state index is 0.567. The van der Waals surface area contributed by atoms with Crippen molar-refractivity contribution in [2.75, 3.05) is 33.4 Å². The van der Waals surface area contributed by atoms with Gasteiger partial charge >= 0.3 is 0 Å². The summed E-state index contributed by atoms with van der Waals surface area (Å²) in [5.74, 6) is 2.31. The standard InChI is InChI=1S/C17H23N3O2/c1-21-15-4-6-16(7-5-15)22-12-11-20-10-2-3-14(13-20)17-8-9-18-19-17/h4-9,14H,2-3,10-13H2,1H3,(H,18,19)/t14-/m0/s1. The molecule has 5 nitrogen and oxygen atoms in total. The van der Waals surface area contributed by atoms with Crippen LogP contribution < -0.4 is 9.47 Å². The number of benzene rings is 1. The third-order valence-electron chi connectivity index (χ3n) is 4.20. The number of hydrogen-bond acceptors (Lipinski definition) is 4. The van der Waals surface area contributed by atoms with Gasteiger partial charge in [0.15, 0.2) is 0 Å². The molecule has 0 saturated carbocycles. The van der Waals surface area contributed by atoms with Crippen LogP contribution in [0.25, 0.3) is 0 Å². The summed E-state index contributed by atoms with van der Waals surface area (Å²) in [5, 5.41) is 7.16. The van der Waals surface area contributed by atoms with Crippen molar-refractivity contribution < 1.29 is 9.47 Å². The van der Waals surface area contributed by atoms with Crippen LogP contribution in [0, 0.1) is 0 Å². The number of piperidine rings is 1. The molecule has 118 valence electrons. The third kappa shape index (κ3) is 3.80. The highest BCUT2D eigenvalue weighted by Gasteiger charge is 2.21. The summed E-state index contributed by atoms with van der Waals surface area (Å²) in [6.07, 6.45) is 4.30. The van der Waals surface area contributed by atoms with Crippen molar-refractivity contribution in [2.45, 2.75) is 18.8 Å². The predicted molar refractivity (Wildman–Crippen MR) is 85.5 cm³/mol. The lowest BCUT2D eigenvalue weighted by molar-refractivity contribution is 0.169. The SMILES string of the molecule is COc1ccc(OCCN2CCC[C@H](c3ccn[nH]3)C2)cc1. The van der Waals surface area contributed by atoms with Crippen molar-refractivity contribution in [3.8, 4) is 11.5 Å². The molecular formula is C17H23N3O2. The number of hydrogen-bond donors (Lipinski definition) is 1. The molecule has 22 heavy (non-hydrogen) atoms. The van der Waals surface area contributed by atoms with Gasteiger partial charge in [-0.2, -0.15) is 5.10 Å². The molecule has 1 N–H and O–H groups in total. The summed E-state index contributed by atoms with van der Waals surface area (Å²) in [6.45, 7) is 3.89. The second-order valence-electron chi connectivity index (χ2n) is 5.68. The number of rotatable bonds is 6. The maximum Gasteiger partial charge on any atom is 0.119 e. The average Bonchev–Trinajstić information content (AvgIpc) is 3.10. The Balaban J connectivity index is 1.44. The fourth-order valence-corrected chi connectivity index (χ4v) is 2.97. The maximum atomic E-state index is 5.82. The quantitative estimate of drug-likeness (QED) is 0.891. The monoisotopic (exact) mass is 301 g/mol. The molecule has 0 radical (unpaired) electrons. The number of ether oxygens (including phenoxy) is 2. The summed E-state index contributed by atoms with van der Waals surface area (Å²) in [5.41, 5.74) is 1.25. The molecular weight excluding hydrogens is 278 g/mol. The largest absolute Gasteiger partial charge is 0.497 e. The molecule has 1 fully saturated rings. The topological polar surface area (TPSA) is 50.4 Å². The van der Waals surface area contributed by atoms with Crippen molar-refractivity contribution in [3.05, 3.63) is 42.2 Å². The van der Waals surface area contributed by atoms with Gasteiger partial charge in [0.1, 0.15) is 18.1 Å². The smallest absolute Gasteiger partial charge is 0.119 e. The van der Waals surface area contributed by atoms with Crippen molar-refractivity contribution in [1.29, 1.82) is 0 Å². The van der Waals surface area contributed by atoms with Gasteiger partial charge in [0, 0.05) is 30.9 Å². The van der Waals surface area contributed by atoms with Gasteiger partial charge in [0.2, 0.25) is 0 Å². The molecule has 2 aromatic rings. The van der Waals surface area contributed by atoms with Gasteiger partial charge < -0.3 is 9.47 Å². The lowest BCUT2D eigenvalue weighted by atomic mass is 9.95. The molecule has 0 bridgehead atoms. The molecule has 1 atom stereocenters. The first-order valence-corrected chi connectivity index (χ1v) is 7.83. The number of nitrogens with zero attached hydrogens (tertiary/aromatic N) is 2. The van der Waals surface area contributed by atoms with Crippen LogP contribution in [0.2, 0.25) is 0 Å². The van der Waals surface area contributed by atoms with E-state index in [0.717, 1.165) is 31.1 Å². The number of H-pyrrole nitrogens is 1. The van der Waals surface area contributed by atoms with Crippen LogP contribution in [0.4, 0.5) is 0 Å². The third-order valence-corrected chi connectivity index (χ3v) is 4.20. The maximum absolute atomic E-state index is 5.82. The van der Waals surface area contributed by atoms with E-state index in [2.05, 4.69) is 21.2 Å². The Hall–Kier alpha value is -2.01. The van der Waals surface area contributed by atoms with Crippen molar-refractivity contribution in [3.63, 3.8) is 0 Å². The van der Waals surface area contributed by atoms with Crippen LogP contribution >= 0.6 is 0 Å². The van der Waals surface area contributed by atoms with Crippen LogP contribution in [0.1, 0.15) is 24.5 Å². The van der Waals surface area contributed by atoms with E-state index in [9.17, 15) is 0 Å². The lowest BCUT2D eigenvalue weighted by Crippen LogP contribution is -2.37. The molecule has 2 heterocycles. The van der Waals surface area contributed by atoms with Gasteiger partial charge in [0.25, 0.3) is 0 Å². The van der Waals surface area contributed by atoms with Gasteiger partial charge in [-0.15, -0.1) is 0 Å². The molecule has 1 saturated heterocycles. The normalized spacial score (nSPS) is 19.0. The van der Waals surface area contributed by atoms with Crippen molar-refractivity contribution in [1.82, 2.24) is 15.1 Å². The molecule has 1 aliphatic heterocycles. The van der Waals surface area contributed by atoms with Gasteiger partial charge in [-0.05, 0) is 49.7 Å². The Kier molecular flexibility index (Phi) is 4.96. The number of aromatic amines is 1. The zero-order valence-corrected chi connectivity index (χ0v) is 13.0. The summed E-state index contributed by atoms with van der Waals surface area (Å²) in [4.78, 5) is 2.47. The molecule has 0 aliphatic carbocycles. The molecule has 5 heteroatoms. The van der Waals surface area contributed by atoms with E-state index < -0.39 is 0 Å². The number of aromatic nitrogens is 2. The summed E-state index contributed by atoms with van der Waals surface area (Å²) < 4.78 is 11.0. The Bertz CT molecular complexity index is 554. The van der Waals surface area contributed by atoms with Gasteiger partial charge in [-0.1, -0.05) is 0 Å². The first-order chi connectivity index (χ1) is 10.8. The Morgan fingerprint density at radius 2 is 2.05 bits per heavy atom. The molecule has 0 unspecified atom stereocenters. The molecule has 1 aromatic carbocycles. The summed E-state index contributed by atoms with van der Waals surface area (Å²) >= 11 is 0. The van der Waals surface area contributed by atoms with Crippen molar-refractivity contribution in [2.24, 2.45) is 0 Å². The van der Waals surface area contributed by atoms with E-state index in [0.29, 0.717) is 12.5 Å². The van der Waals surface area contributed by atoms with Gasteiger partial charge in [-0.3, -0.25) is 10.00 Å². The van der Waals surface area contributed by atoms with Crippen LogP contribution in [-0.4, -0.2) is 48.4 Å². The second kappa shape index (κ2) is 7.31. The summed E-state index contributed by atoms with van der Waals surface area (Å²) in [7, 11) is 1.67. The minimum absolute atomic E-state index is 0.567. The highest BCUT2D eigenvalue weighted by atomic mass is 16.5.